The summed E-state index contributed by atoms with van der Waals surface area (Å²) >= 11 is 0. The van der Waals surface area contributed by atoms with Gasteiger partial charge in [0.05, 0.1) is 16.5 Å². The van der Waals surface area contributed by atoms with Gasteiger partial charge in [0, 0.05) is 31.7 Å². The van der Waals surface area contributed by atoms with Gasteiger partial charge in [0.2, 0.25) is 15.9 Å². The van der Waals surface area contributed by atoms with E-state index in [9.17, 15) is 18.0 Å². The quantitative estimate of drug-likeness (QED) is 0.604. The molecule has 2 amide bonds. The molecular formula is C24H36N4O5S. The first-order valence-electron chi connectivity index (χ1n) is 12.4. The van der Waals surface area contributed by atoms with Crippen molar-refractivity contribution in [1.82, 2.24) is 14.5 Å². The number of nitrogens with one attached hydrogen (secondary N) is 2. The second-order valence-corrected chi connectivity index (χ2v) is 11.4. The molecule has 1 aromatic rings. The molecule has 1 aromatic carbocycles. The van der Waals surface area contributed by atoms with Gasteiger partial charge in [-0.3, -0.25) is 14.5 Å². The van der Waals surface area contributed by atoms with Crippen molar-refractivity contribution in [2.75, 3.05) is 38.0 Å². The Kier molecular flexibility index (Phi) is 7.49. The van der Waals surface area contributed by atoms with Crippen molar-refractivity contribution in [3.05, 3.63) is 17.7 Å². The van der Waals surface area contributed by atoms with E-state index >= 15 is 0 Å². The molecule has 0 radical (unpaired) electrons. The number of ether oxygens (including phenoxy) is 1. The Morgan fingerprint density at radius 1 is 1.21 bits per heavy atom. The van der Waals surface area contributed by atoms with Crippen LogP contribution in [0.15, 0.2) is 17.0 Å². The number of likely N-dealkylation sites (N-methyl/N-ethyl adjacent to an activating group) is 1. The fourth-order valence-corrected chi connectivity index (χ4v) is 7.00. The molecule has 2 fully saturated rings. The molecule has 2 N–H and O–H groups in total. The first kappa shape index (κ1) is 24.9. The van der Waals surface area contributed by atoms with E-state index < -0.39 is 16.1 Å². The highest BCUT2D eigenvalue weighted by Crippen LogP contribution is 2.36. The van der Waals surface area contributed by atoms with Crippen molar-refractivity contribution in [3.63, 3.8) is 0 Å². The Balaban J connectivity index is 1.46. The van der Waals surface area contributed by atoms with E-state index in [0.29, 0.717) is 55.4 Å². The highest BCUT2D eigenvalue weighted by molar-refractivity contribution is 7.89. The highest BCUT2D eigenvalue weighted by atomic mass is 32.2. The number of carbonyl (C=O) groups is 2. The van der Waals surface area contributed by atoms with Gasteiger partial charge in [0.15, 0.2) is 6.10 Å². The standard InChI is InChI=1S/C24H36N4O5S/c1-4-20-24(30)26-19-12-16(3)22(13-21(19)33-20)34(31,32)28-11-6-8-17(15-28)23(29)25-14-18-9-7-10-27(18)5-2/h12-13,17-18,20H,4-11,14-15H2,1-3H3,(H,25,29)(H,26,30)/t17-,18+,20-/m0/s1. The number of nitrogens with zero attached hydrogens (tertiary/aromatic N) is 2. The lowest BCUT2D eigenvalue weighted by Crippen LogP contribution is -2.47. The maximum absolute atomic E-state index is 13.6. The third kappa shape index (κ3) is 4.94. The van der Waals surface area contributed by atoms with Crippen LogP contribution in [-0.2, 0) is 19.6 Å². The molecule has 0 aromatic heterocycles. The highest BCUT2D eigenvalue weighted by Gasteiger charge is 2.36. The van der Waals surface area contributed by atoms with E-state index in [1.165, 1.54) is 10.4 Å². The molecule has 0 spiro atoms. The fraction of sp³-hybridized carbons (Fsp3) is 0.667. The SMILES string of the molecule is CC[C@@H]1Oc2cc(S(=O)(=O)N3CCC[C@H](C(=O)NC[C@H]4CCCN4CC)C3)c(C)cc2NC1=O. The molecule has 4 rings (SSSR count). The minimum absolute atomic E-state index is 0.0677. The normalized spacial score (nSPS) is 26.0. The lowest BCUT2D eigenvalue weighted by atomic mass is 9.98. The van der Waals surface area contributed by atoms with Gasteiger partial charge in [-0.1, -0.05) is 13.8 Å². The summed E-state index contributed by atoms with van der Waals surface area (Å²) in [6, 6.07) is 3.51. The number of likely N-dealkylation sites (tertiary alicyclic amines) is 1. The summed E-state index contributed by atoms with van der Waals surface area (Å²) in [6.07, 6.45) is 3.39. The zero-order valence-corrected chi connectivity index (χ0v) is 21.1. The molecule has 9 nitrogen and oxygen atoms in total. The topological polar surface area (TPSA) is 108 Å². The molecule has 0 unspecified atom stereocenters. The summed E-state index contributed by atoms with van der Waals surface area (Å²) in [7, 11) is -3.82. The predicted octanol–water partition coefficient (Wildman–Crippen LogP) is 2.11. The Morgan fingerprint density at radius 2 is 1.97 bits per heavy atom. The van der Waals surface area contributed by atoms with Gasteiger partial charge >= 0.3 is 0 Å². The number of aryl methyl sites for hydroxylation is 1. The number of hydrogen-bond donors (Lipinski definition) is 2. The molecule has 3 aliphatic heterocycles. The van der Waals surface area contributed by atoms with Crippen molar-refractivity contribution in [2.24, 2.45) is 5.92 Å². The molecule has 2 saturated heterocycles. The number of carbonyl (C=O) groups excluding carboxylic acids is 2. The number of rotatable bonds is 7. The van der Waals surface area contributed by atoms with E-state index in [2.05, 4.69) is 22.5 Å². The Labute approximate surface area is 202 Å². The van der Waals surface area contributed by atoms with Crippen LogP contribution in [0.2, 0.25) is 0 Å². The van der Waals surface area contributed by atoms with Crippen molar-refractivity contribution in [3.8, 4) is 5.75 Å². The summed E-state index contributed by atoms with van der Waals surface area (Å²) in [6.45, 7) is 8.89. The Bertz CT molecular complexity index is 1040. The van der Waals surface area contributed by atoms with Crippen LogP contribution < -0.4 is 15.4 Å². The maximum Gasteiger partial charge on any atom is 0.265 e. The number of piperidine rings is 1. The zero-order chi connectivity index (χ0) is 24.5. The molecule has 0 aliphatic carbocycles. The van der Waals surface area contributed by atoms with Crippen LogP contribution in [0, 0.1) is 12.8 Å². The van der Waals surface area contributed by atoms with Gasteiger partial charge in [-0.05, 0) is 63.7 Å². The average molecular weight is 493 g/mol. The second-order valence-electron chi connectivity index (χ2n) is 9.49. The number of hydrogen-bond acceptors (Lipinski definition) is 6. The van der Waals surface area contributed by atoms with Crippen LogP contribution in [-0.4, -0.2) is 74.3 Å². The monoisotopic (exact) mass is 492 g/mol. The Morgan fingerprint density at radius 3 is 2.71 bits per heavy atom. The van der Waals surface area contributed by atoms with Crippen molar-refractivity contribution < 1.29 is 22.7 Å². The first-order valence-corrected chi connectivity index (χ1v) is 13.8. The number of amides is 2. The zero-order valence-electron chi connectivity index (χ0n) is 20.3. The number of fused-ring (bicyclic) bond motifs is 1. The molecule has 3 atom stereocenters. The summed E-state index contributed by atoms with van der Waals surface area (Å²) in [5.41, 5.74) is 1.01. The lowest BCUT2D eigenvalue weighted by Gasteiger charge is -2.33. The van der Waals surface area contributed by atoms with E-state index in [1.54, 1.807) is 13.0 Å². The van der Waals surface area contributed by atoms with Crippen LogP contribution in [0.4, 0.5) is 5.69 Å². The molecule has 34 heavy (non-hydrogen) atoms. The molecule has 188 valence electrons. The number of benzene rings is 1. The molecule has 10 heteroatoms. The Hall–Kier alpha value is -2.17. The van der Waals surface area contributed by atoms with Crippen LogP contribution in [0.3, 0.4) is 0 Å². The van der Waals surface area contributed by atoms with Crippen LogP contribution >= 0.6 is 0 Å². The van der Waals surface area contributed by atoms with Gasteiger partial charge < -0.3 is 15.4 Å². The van der Waals surface area contributed by atoms with Gasteiger partial charge in [-0.25, -0.2) is 8.42 Å². The van der Waals surface area contributed by atoms with E-state index in [0.717, 1.165) is 25.9 Å². The average Bonchev–Trinajstić information content (AvgIpc) is 3.29. The number of sulfonamides is 1. The van der Waals surface area contributed by atoms with Crippen LogP contribution in [0.5, 0.6) is 5.75 Å². The van der Waals surface area contributed by atoms with E-state index in [4.69, 9.17) is 4.74 Å². The fourth-order valence-electron chi connectivity index (χ4n) is 5.25. The van der Waals surface area contributed by atoms with Gasteiger partial charge in [0.25, 0.3) is 5.91 Å². The molecular weight excluding hydrogens is 456 g/mol. The summed E-state index contributed by atoms with van der Waals surface area (Å²) in [4.78, 5) is 27.5. The minimum atomic E-state index is -3.82. The molecule has 3 heterocycles. The molecule has 3 aliphatic rings. The van der Waals surface area contributed by atoms with Gasteiger partial charge in [-0.2, -0.15) is 4.31 Å². The molecule has 0 saturated carbocycles. The van der Waals surface area contributed by atoms with Crippen molar-refractivity contribution in [1.29, 1.82) is 0 Å². The maximum atomic E-state index is 13.6. The van der Waals surface area contributed by atoms with Crippen molar-refractivity contribution >= 4 is 27.5 Å². The second kappa shape index (κ2) is 10.2. The predicted molar refractivity (Wildman–Crippen MR) is 129 cm³/mol. The van der Waals surface area contributed by atoms with Crippen molar-refractivity contribution in [2.45, 2.75) is 69.9 Å². The minimum Gasteiger partial charge on any atom is -0.478 e. The van der Waals surface area contributed by atoms with E-state index in [1.807, 2.05) is 6.92 Å². The molecule has 0 bridgehead atoms. The number of anilines is 1. The third-order valence-corrected chi connectivity index (χ3v) is 9.26. The van der Waals surface area contributed by atoms with Gasteiger partial charge in [0.1, 0.15) is 5.75 Å². The largest absolute Gasteiger partial charge is 0.478 e. The van der Waals surface area contributed by atoms with Crippen LogP contribution in [0.1, 0.15) is 51.5 Å². The summed E-state index contributed by atoms with van der Waals surface area (Å²) in [5, 5.41) is 5.87. The van der Waals surface area contributed by atoms with Gasteiger partial charge in [-0.15, -0.1) is 0 Å². The van der Waals surface area contributed by atoms with E-state index in [-0.39, 0.29) is 29.2 Å². The first-order chi connectivity index (χ1) is 16.2. The smallest absolute Gasteiger partial charge is 0.265 e. The lowest BCUT2D eigenvalue weighted by molar-refractivity contribution is -0.126. The summed E-state index contributed by atoms with van der Waals surface area (Å²) in [5.74, 6) is -0.298. The summed E-state index contributed by atoms with van der Waals surface area (Å²) < 4.78 is 34.3. The third-order valence-electron chi connectivity index (χ3n) is 7.26. The van der Waals surface area contributed by atoms with Crippen LogP contribution in [0.25, 0.3) is 0 Å².